The van der Waals surface area contributed by atoms with E-state index in [1.54, 1.807) is 11.3 Å². The number of nitrogens with zero attached hydrogens (tertiary/aromatic N) is 3. The number of hydrogen-bond donors (Lipinski definition) is 1. The van der Waals surface area contributed by atoms with Gasteiger partial charge in [0.15, 0.2) is 5.16 Å². The van der Waals surface area contributed by atoms with Gasteiger partial charge in [-0.1, -0.05) is 45.5 Å². The maximum Gasteiger partial charge on any atom is 0.316 e. The summed E-state index contributed by atoms with van der Waals surface area (Å²) in [5.74, 6) is 0.910. The highest BCUT2D eigenvalue weighted by molar-refractivity contribution is 7.99. The average Bonchev–Trinajstić information content (AvgIpc) is 3.73. The molecule has 1 saturated heterocycles. The third kappa shape index (κ3) is 4.56. The Balaban J connectivity index is 1.28. The number of ketones is 1. The number of anilines is 1. The van der Waals surface area contributed by atoms with Crippen LogP contribution in [0.3, 0.4) is 0 Å². The fourth-order valence-electron chi connectivity index (χ4n) is 8.87. The Morgan fingerprint density at radius 2 is 2.02 bits per heavy atom. The summed E-state index contributed by atoms with van der Waals surface area (Å²) in [6.45, 7) is 14.6. The number of carbonyl (C=O) groups is 2. The molecular weight excluding hydrogens is 555 g/mol. The second-order valence-corrected chi connectivity index (χ2v) is 15.4. The number of fused-ring (bicyclic) bond motifs is 1. The zero-order valence-corrected chi connectivity index (χ0v) is 26.4. The minimum Gasteiger partial charge on any atom is -0.461 e. The summed E-state index contributed by atoms with van der Waals surface area (Å²) in [6.07, 6.45) is 6.62. The van der Waals surface area contributed by atoms with Gasteiger partial charge in [0.1, 0.15) is 22.5 Å². The molecule has 0 unspecified atom stereocenters. The number of esters is 1. The molecule has 4 aliphatic rings. The Morgan fingerprint density at radius 3 is 2.76 bits per heavy atom. The maximum absolute atomic E-state index is 13.6. The van der Waals surface area contributed by atoms with Crippen molar-refractivity contribution in [1.82, 2.24) is 9.97 Å². The highest BCUT2D eigenvalue weighted by atomic mass is 32.2. The van der Waals surface area contributed by atoms with Crippen LogP contribution in [0.25, 0.3) is 10.2 Å². The fraction of sp³-hybridized carbons (Fsp3) is 0.688. The Morgan fingerprint density at radius 1 is 1.27 bits per heavy atom. The minimum atomic E-state index is -0.670. The largest absolute Gasteiger partial charge is 0.461 e. The number of carbonyl (C=O) groups excluding carboxylic acids is 2. The zero-order chi connectivity index (χ0) is 29.2. The molecule has 222 valence electrons. The molecule has 8 atom stereocenters. The van der Waals surface area contributed by atoms with Crippen molar-refractivity contribution >= 4 is 50.9 Å². The van der Waals surface area contributed by atoms with Crippen LogP contribution in [0.4, 0.5) is 5.82 Å². The van der Waals surface area contributed by atoms with E-state index >= 15 is 0 Å². The van der Waals surface area contributed by atoms with Crippen molar-refractivity contribution in [2.24, 2.45) is 34.0 Å². The number of ether oxygens (including phenoxy) is 1. The van der Waals surface area contributed by atoms with Crippen LogP contribution in [-0.4, -0.2) is 57.9 Å². The molecular formula is C32H43N3O4S2. The van der Waals surface area contributed by atoms with Gasteiger partial charge in [0.2, 0.25) is 0 Å². The van der Waals surface area contributed by atoms with E-state index in [0.717, 1.165) is 61.2 Å². The van der Waals surface area contributed by atoms with E-state index in [4.69, 9.17) is 14.7 Å². The molecule has 2 bridgehead atoms. The molecule has 2 aromatic rings. The van der Waals surface area contributed by atoms with Crippen LogP contribution in [0.5, 0.6) is 0 Å². The predicted molar refractivity (Wildman–Crippen MR) is 164 cm³/mol. The first-order valence-electron chi connectivity index (χ1n) is 15.2. The lowest BCUT2D eigenvalue weighted by atomic mass is 9.44. The van der Waals surface area contributed by atoms with E-state index in [-0.39, 0.29) is 40.7 Å². The van der Waals surface area contributed by atoms with Gasteiger partial charge in [0, 0.05) is 36.3 Å². The van der Waals surface area contributed by atoms with Crippen molar-refractivity contribution in [3.05, 3.63) is 24.1 Å². The van der Waals surface area contributed by atoms with Gasteiger partial charge in [-0.05, 0) is 67.2 Å². The van der Waals surface area contributed by atoms with E-state index in [0.29, 0.717) is 18.0 Å². The minimum absolute atomic E-state index is 0.0462. The molecule has 9 heteroatoms. The van der Waals surface area contributed by atoms with Crippen LogP contribution in [0, 0.1) is 34.0 Å². The molecule has 3 aliphatic carbocycles. The van der Waals surface area contributed by atoms with Crippen molar-refractivity contribution in [3.8, 4) is 0 Å². The highest BCUT2D eigenvalue weighted by Crippen LogP contribution is 2.68. The number of hydrogen-bond acceptors (Lipinski definition) is 9. The van der Waals surface area contributed by atoms with E-state index in [1.807, 2.05) is 18.4 Å². The number of aliphatic hydroxyl groups excluding tert-OH is 1. The third-order valence-electron chi connectivity index (χ3n) is 11.6. The van der Waals surface area contributed by atoms with Gasteiger partial charge >= 0.3 is 5.97 Å². The number of thiophene rings is 1. The monoisotopic (exact) mass is 597 g/mol. The van der Waals surface area contributed by atoms with Crippen molar-refractivity contribution < 1.29 is 19.4 Å². The van der Waals surface area contributed by atoms with Gasteiger partial charge in [-0.3, -0.25) is 9.59 Å². The Kier molecular flexibility index (Phi) is 7.55. The molecule has 6 rings (SSSR count). The topological polar surface area (TPSA) is 92.6 Å². The van der Waals surface area contributed by atoms with Crippen LogP contribution in [0.2, 0.25) is 0 Å². The summed E-state index contributed by atoms with van der Waals surface area (Å²) in [5, 5.41) is 15.4. The summed E-state index contributed by atoms with van der Waals surface area (Å²) in [7, 11) is 0. The van der Waals surface area contributed by atoms with Crippen LogP contribution in [0.15, 0.2) is 29.3 Å². The van der Waals surface area contributed by atoms with Crippen molar-refractivity contribution in [1.29, 1.82) is 0 Å². The van der Waals surface area contributed by atoms with Crippen LogP contribution < -0.4 is 4.90 Å². The Labute approximate surface area is 251 Å². The number of aliphatic hydroxyl groups is 1. The van der Waals surface area contributed by atoms with E-state index in [1.165, 1.54) is 11.8 Å². The number of thioether (sulfide) groups is 1. The lowest BCUT2D eigenvalue weighted by Crippen LogP contribution is -2.63. The van der Waals surface area contributed by atoms with Crippen LogP contribution >= 0.6 is 23.1 Å². The van der Waals surface area contributed by atoms with E-state index in [9.17, 15) is 14.7 Å². The molecule has 3 heterocycles. The molecule has 4 fully saturated rings. The van der Waals surface area contributed by atoms with Crippen LogP contribution in [-0.2, 0) is 14.3 Å². The molecule has 0 spiro atoms. The lowest BCUT2D eigenvalue weighted by molar-refractivity contribution is -0.205. The highest BCUT2D eigenvalue weighted by Gasteiger charge is 2.68. The normalized spacial score (nSPS) is 38.9. The standard InChI is InChI=1S/C32H43N3O4S2/c1-6-30(4)17-23(31(5)19(2)9-12-32(20(3)26(30)38)13-10-22(36)25(31)32)39-24(37)18-41-29-33-27(35-14-7-8-15-35)21-11-16-40-28(21)34-29/h6,11,16,19-20,23,25-26,38H,1,7-10,12-15,17-18H2,2-5H3/t19-,20+,23-,25+,26+,30-,31+,32+/m1/s1. The summed E-state index contributed by atoms with van der Waals surface area (Å²) < 4.78 is 6.41. The first-order valence-corrected chi connectivity index (χ1v) is 17.1. The number of aromatic nitrogens is 2. The van der Waals surface area contributed by atoms with Crippen molar-refractivity contribution in [2.45, 2.75) is 90.0 Å². The number of Topliss-reactive ketones (excluding diaryl/α,β-unsaturated/α-hetero) is 1. The quantitative estimate of drug-likeness (QED) is 0.180. The van der Waals surface area contributed by atoms with Gasteiger partial charge in [0.05, 0.1) is 17.2 Å². The summed E-state index contributed by atoms with van der Waals surface area (Å²) in [4.78, 5) is 40.1. The molecule has 0 radical (unpaired) electrons. The molecule has 3 saturated carbocycles. The molecule has 41 heavy (non-hydrogen) atoms. The molecule has 0 amide bonds. The smallest absolute Gasteiger partial charge is 0.316 e. The van der Waals surface area contributed by atoms with Gasteiger partial charge < -0.3 is 14.7 Å². The van der Waals surface area contributed by atoms with Gasteiger partial charge in [0.25, 0.3) is 0 Å². The van der Waals surface area contributed by atoms with Gasteiger partial charge in [-0.2, -0.15) is 0 Å². The molecule has 0 aromatic carbocycles. The SMILES string of the molecule is C=C[C@]1(C)C[C@@H](OC(=O)CSc2nc(N3CCCC3)c3ccsc3n2)[C@]2(C)[C@H](C)CC[C@]3(CCC(=O)[C@H]32)[C@@H](C)[C@@H]1O. The molecule has 1 N–H and O–H groups in total. The van der Waals surface area contributed by atoms with Crippen molar-refractivity contribution in [3.63, 3.8) is 0 Å². The van der Waals surface area contributed by atoms with Crippen molar-refractivity contribution in [2.75, 3.05) is 23.7 Å². The van der Waals surface area contributed by atoms with Crippen LogP contribution in [0.1, 0.15) is 72.6 Å². The fourth-order valence-corrected chi connectivity index (χ4v) is 10.3. The predicted octanol–water partition coefficient (Wildman–Crippen LogP) is 6.29. The lowest BCUT2D eigenvalue weighted by Gasteiger charge is -2.61. The molecule has 1 aliphatic heterocycles. The summed E-state index contributed by atoms with van der Waals surface area (Å²) >= 11 is 2.90. The molecule has 2 aromatic heterocycles. The first-order chi connectivity index (χ1) is 19.5. The number of rotatable bonds is 6. The Hall–Kier alpha value is -1.97. The second-order valence-electron chi connectivity index (χ2n) is 13.5. The Bertz CT molecular complexity index is 1360. The maximum atomic E-state index is 13.6. The summed E-state index contributed by atoms with van der Waals surface area (Å²) in [6, 6.07) is 2.08. The van der Waals surface area contributed by atoms with E-state index in [2.05, 4.69) is 38.3 Å². The average molecular weight is 598 g/mol. The first kappa shape index (κ1) is 29.1. The van der Waals surface area contributed by atoms with E-state index < -0.39 is 23.0 Å². The van der Waals surface area contributed by atoms with Gasteiger partial charge in [-0.25, -0.2) is 9.97 Å². The third-order valence-corrected chi connectivity index (χ3v) is 13.2. The zero-order valence-electron chi connectivity index (χ0n) is 24.7. The molecule has 7 nitrogen and oxygen atoms in total. The summed E-state index contributed by atoms with van der Waals surface area (Å²) in [5.41, 5.74) is -1.44. The second kappa shape index (κ2) is 10.6. The van der Waals surface area contributed by atoms with Gasteiger partial charge in [-0.15, -0.1) is 17.9 Å².